The summed E-state index contributed by atoms with van der Waals surface area (Å²) in [6, 6.07) is 0. The maximum absolute atomic E-state index is 5.34. The average molecular weight is 205 g/mol. The molecule has 0 atom stereocenters. The highest BCUT2D eigenvalue weighted by atomic mass is 33.1. The summed E-state index contributed by atoms with van der Waals surface area (Å²) in [5.41, 5.74) is 0.824. The molecule has 0 N–H and O–H groups in total. The molecule has 0 aliphatic rings. The van der Waals surface area contributed by atoms with E-state index in [0.717, 1.165) is 5.69 Å². The molecule has 0 fully saturated rings. The molecule has 1 aromatic rings. The van der Waals surface area contributed by atoms with Crippen molar-refractivity contribution < 1.29 is 4.74 Å². The second-order valence-corrected chi connectivity index (χ2v) is 3.58. The zero-order valence-corrected chi connectivity index (χ0v) is 8.68. The Morgan fingerprint density at radius 2 is 2.50 bits per heavy atom. The van der Waals surface area contributed by atoms with Crippen molar-refractivity contribution in [1.82, 2.24) is 14.4 Å². The van der Waals surface area contributed by atoms with Gasteiger partial charge in [-0.1, -0.05) is 16.9 Å². The van der Waals surface area contributed by atoms with Gasteiger partial charge in [-0.2, -0.15) is 4.09 Å². The van der Waals surface area contributed by atoms with Gasteiger partial charge in [0.25, 0.3) is 0 Å². The van der Waals surface area contributed by atoms with Crippen LogP contribution in [0.5, 0.6) is 0 Å². The summed E-state index contributed by atoms with van der Waals surface area (Å²) in [6.45, 7) is 4.47. The van der Waals surface area contributed by atoms with Gasteiger partial charge in [0.1, 0.15) is 5.69 Å². The standard InChI is InChI=1S/C6H11N3OS2/c1-5(2)10-4-6-3-9(12-11)8-7-6/h3,5,11H,4H2,1-2H3. The monoisotopic (exact) mass is 205 g/mol. The van der Waals surface area contributed by atoms with Crippen molar-refractivity contribution >= 4 is 22.6 Å². The first kappa shape index (κ1) is 9.88. The first-order chi connectivity index (χ1) is 5.72. The van der Waals surface area contributed by atoms with Gasteiger partial charge in [-0.25, -0.2) is 0 Å². The van der Waals surface area contributed by atoms with E-state index in [2.05, 4.69) is 22.0 Å². The number of ether oxygens (including phenoxy) is 1. The molecule has 12 heavy (non-hydrogen) atoms. The lowest BCUT2D eigenvalue weighted by Crippen LogP contribution is -2.02. The summed E-state index contributed by atoms with van der Waals surface area (Å²) in [4.78, 5) is 0. The topological polar surface area (TPSA) is 39.9 Å². The van der Waals surface area contributed by atoms with Gasteiger partial charge in [-0.05, 0) is 13.8 Å². The molecular formula is C6H11N3OS2. The second kappa shape index (κ2) is 4.74. The molecule has 0 aromatic carbocycles. The van der Waals surface area contributed by atoms with Crippen LogP contribution in [0.15, 0.2) is 6.20 Å². The minimum atomic E-state index is 0.221. The van der Waals surface area contributed by atoms with Gasteiger partial charge in [0, 0.05) is 11.0 Å². The number of aromatic nitrogens is 3. The second-order valence-electron chi connectivity index (χ2n) is 2.55. The van der Waals surface area contributed by atoms with Gasteiger partial charge in [0.05, 0.1) is 18.9 Å². The molecule has 0 bridgehead atoms. The lowest BCUT2D eigenvalue weighted by molar-refractivity contribution is 0.0635. The van der Waals surface area contributed by atoms with Crippen molar-refractivity contribution in [2.24, 2.45) is 0 Å². The maximum atomic E-state index is 5.34. The van der Waals surface area contributed by atoms with E-state index in [1.54, 1.807) is 10.3 Å². The van der Waals surface area contributed by atoms with Crippen LogP contribution in [0.25, 0.3) is 0 Å². The third-order valence-electron chi connectivity index (χ3n) is 1.17. The lowest BCUT2D eigenvalue weighted by atomic mass is 10.4. The van der Waals surface area contributed by atoms with Crippen LogP contribution < -0.4 is 0 Å². The molecule has 0 saturated heterocycles. The predicted molar refractivity (Wildman–Crippen MR) is 51.9 cm³/mol. The molecular weight excluding hydrogens is 194 g/mol. The lowest BCUT2D eigenvalue weighted by Gasteiger charge is -2.03. The van der Waals surface area contributed by atoms with E-state index in [9.17, 15) is 0 Å². The molecule has 0 saturated carbocycles. The molecule has 1 heterocycles. The van der Waals surface area contributed by atoms with Crippen LogP contribution in [0.4, 0.5) is 0 Å². The van der Waals surface area contributed by atoms with Crippen LogP contribution in [0.3, 0.4) is 0 Å². The highest BCUT2D eigenvalue weighted by Crippen LogP contribution is 2.08. The van der Waals surface area contributed by atoms with Crippen LogP contribution in [0.2, 0.25) is 0 Å². The first-order valence-electron chi connectivity index (χ1n) is 3.57. The Hall–Kier alpha value is -0.200. The molecule has 0 aliphatic heterocycles. The fraction of sp³-hybridized carbons (Fsp3) is 0.667. The summed E-state index contributed by atoms with van der Waals surface area (Å²) < 4.78 is 6.91. The molecule has 0 radical (unpaired) electrons. The van der Waals surface area contributed by atoms with Crippen LogP contribution in [-0.2, 0) is 11.3 Å². The van der Waals surface area contributed by atoms with Gasteiger partial charge >= 0.3 is 0 Å². The normalized spacial score (nSPS) is 11.0. The Morgan fingerprint density at radius 3 is 3.00 bits per heavy atom. The molecule has 68 valence electrons. The number of hydrogen-bond acceptors (Lipinski definition) is 5. The number of thiol groups is 1. The van der Waals surface area contributed by atoms with Crippen LogP contribution in [0.1, 0.15) is 19.5 Å². The SMILES string of the molecule is CC(C)OCc1cn(SS)nn1. The summed E-state index contributed by atoms with van der Waals surface area (Å²) >= 11 is 3.97. The van der Waals surface area contributed by atoms with Gasteiger partial charge in [-0.15, -0.1) is 5.10 Å². The molecule has 6 heteroatoms. The summed E-state index contributed by atoms with van der Waals surface area (Å²) in [5.74, 6) is 0. The Kier molecular flexibility index (Phi) is 3.90. The van der Waals surface area contributed by atoms with Crippen LogP contribution >= 0.6 is 22.6 Å². The maximum Gasteiger partial charge on any atom is 0.110 e. The van der Waals surface area contributed by atoms with E-state index < -0.39 is 0 Å². The number of rotatable bonds is 4. The largest absolute Gasteiger partial charge is 0.372 e. The van der Waals surface area contributed by atoms with Crippen molar-refractivity contribution in [3.05, 3.63) is 11.9 Å². The Balaban J connectivity index is 2.41. The summed E-state index contributed by atoms with van der Waals surface area (Å²) in [6.07, 6.45) is 2.01. The van der Waals surface area contributed by atoms with E-state index >= 15 is 0 Å². The predicted octanol–water partition coefficient (Wildman–Crippen LogP) is 1.54. The van der Waals surface area contributed by atoms with Crippen molar-refractivity contribution in [1.29, 1.82) is 0 Å². The Bertz CT molecular complexity index is 238. The van der Waals surface area contributed by atoms with Crippen molar-refractivity contribution in [2.75, 3.05) is 0 Å². The summed E-state index contributed by atoms with van der Waals surface area (Å²) in [7, 11) is 1.21. The number of hydrogen-bond donors (Lipinski definition) is 1. The third-order valence-corrected chi connectivity index (χ3v) is 2.02. The van der Waals surface area contributed by atoms with Gasteiger partial charge in [0.15, 0.2) is 0 Å². The summed E-state index contributed by atoms with van der Waals surface area (Å²) in [5, 5.41) is 7.66. The molecule has 1 rings (SSSR count). The molecule has 0 amide bonds. The average Bonchev–Trinajstić information content (AvgIpc) is 2.48. The first-order valence-corrected chi connectivity index (χ1v) is 5.39. The Labute approximate surface area is 80.6 Å². The van der Waals surface area contributed by atoms with Crippen LogP contribution in [0, 0.1) is 0 Å². The van der Waals surface area contributed by atoms with Gasteiger partial charge in [0.2, 0.25) is 0 Å². The van der Waals surface area contributed by atoms with Crippen molar-refractivity contribution in [3.63, 3.8) is 0 Å². The zero-order valence-electron chi connectivity index (χ0n) is 6.97. The highest BCUT2D eigenvalue weighted by Gasteiger charge is 2.01. The van der Waals surface area contributed by atoms with Gasteiger partial charge < -0.3 is 4.74 Å². The van der Waals surface area contributed by atoms with Crippen molar-refractivity contribution in [2.45, 2.75) is 26.6 Å². The minimum absolute atomic E-state index is 0.221. The highest BCUT2D eigenvalue weighted by molar-refractivity contribution is 8.67. The molecule has 0 spiro atoms. The fourth-order valence-electron chi connectivity index (χ4n) is 0.639. The molecule has 0 unspecified atom stereocenters. The van der Waals surface area contributed by atoms with Crippen molar-refractivity contribution in [3.8, 4) is 0 Å². The number of nitrogens with zero attached hydrogens (tertiary/aromatic N) is 3. The van der Waals surface area contributed by atoms with E-state index in [1.165, 1.54) is 11.0 Å². The fourth-order valence-corrected chi connectivity index (χ4v) is 1.12. The zero-order chi connectivity index (χ0) is 8.97. The molecule has 1 aromatic heterocycles. The van der Waals surface area contributed by atoms with Gasteiger partial charge in [-0.3, -0.25) is 0 Å². The Morgan fingerprint density at radius 1 is 1.75 bits per heavy atom. The smallest absolute Gasteiger partial charge is 0.110 e. The third kappa shape index (κ3) is 3.04. The van der Waals surface area contributed by atoms with Crippen LogP contribution in [-0.4, -0.2) is 20.5 Å². The van der Waals surface area contributed by atoms with E-state index in [-0.39, 0.29) is 6.10 Å². The van der Waals surface area contributed by atoms with E-state index in [1.807, 2.05) is 13.8 Å². The molecule has 0 aliphatic carbocycles. The molecule has 4 nitrogen and oxygen atoms in total. The van der Waals surface area contributed by atoms with E-state index in [0.29, 0.717) is 6.61 Å². The van der Waals surface area contributed by atoms with E-state index in [4.69, 9.17) is 4.74 Å². The minimum Gasteiger partial charge on any atom is -0.372 e. The quantitative estimate of drug-likeness (QED) is 0.598.